The van der Waals surface area contributed by atoms with Crippen molar-refractivity contribution < 1.29 is 44.7 Å². The molecule has 0 N–H and O–H groups in total. The number of halogens is 9. The molecule has 184 valence electrons. The van der Waals surface area contributed by atoms with E-state index in [2.05, 4.69) is 20.1 Å². The Hall–Kier alpha value is -3.23. The Kier molecular flexibility index (Phi) is 6.37. The van der Waals surface area contributed by atoms with Crippen molar-refractivity contribution in [1.82, 2.24) is 24.8 Å². The lowest BCUT2D eigenvalue weighted by Crippen LogP contribution is -2.35. The number of nitrogens with zero attached hydrogens (tertiary/aromatic N) is 5. The minimum atomic E-state index is -6.19. The number of ether oxygens (including phenoxy) is 1. The summed E-state index contributed by atoms with van der Waals surface area (Å²) < 4.78 is 112. The number of alkyl halides is 8. The third-order valence-corrected chi connectivity index (χ3v) is 4.85. The molecule has 3 aromatic rings. The highest BCUT2D eigenvalue weighted by molar-refractivity contribution is 6.33. The van der Waals surface area contributed by atoms with Crippen LogP contribution in [0.15, 0.2) is 24.4 Å². The van der Waals surface area contributed by atoms with Crippen LogP contribution in [0.2, 0.25) is 5.02 Å². The van der Waals surface area contributed by atoms with Crippen molar-refractivity contribution in [2.75, 3.05) is 7.11 Å². The summed E-state index contributed by atoms with van der Waals surface area (Å²) in [6, 6.07) is 3.89. The Balaban J connectivity index is 2.16. The van der Waals surface area contributed by atoms with Gasteiger partial charge >= 0.3 is 24.2 Å². The minimum absolute atomic E-state index is 0.0149. The summed E-state index contributed by atoms with van der Waals surface area (Å²) in [6.45, 7) is 0. The molecule has 1 aromatic carbocycles. The van der Waals surface area contributed by atoms with Crippen LogP contribution in [0.3, 0.4) is 0 Å². The van der Waals surface area contributed by atoms with Crippen LogP contribution in [-0.4, -0.2) is 50.2 Å². The number of aryl methyl sites for hydroxylation is 1. The van der Waals surface area contributed by atoms with Crippen molar-refractivity contribution in [3.63, 3.8) is 0 Å². The fourth-order valence-corrected chi connectivity index (χ4v) is 3.24. The van der Waals surface area contributed by atoms with Crippen molar-refractivity contribution in [2.45, 2.75) is 24.7 Å². The van der Waals surface area contributed by atoms with Gasteiger partial charge in [-0.15, -0.1) is 5.10 Å². The maximum atomic E-state index is 14.0. The van der Waals surface area contributed by atoms with E-state index in [1.807, 2.05) is 0 Å². The Morgan fingerprint density at radius 1 is 1.12 bits per heavy atom. The molecular weight excluding hydrogens is 506 g/mol. The van der Waals surface area contributed by atoms with Gasteiger partial charge in [-0.25, -0.2) is 9.48 Å². The molecule has 0 atom stereocenters. The predicted octanol–water partition coefficient (Wildman–Crippen LogP) is 4.87. The van der Waals surface area contributed by atoms with E-state index in [1.54, 1.807) is 0 Å². The first-order valence-electron chi connectivity index (χ1n) is 8.95. The standard InChI is InChI=1S/C18H12ClF8N5O2/c1-31-14(10(6-16(20,21)22)13(29-31)17(23,24)18(25,26)27)32-7-12(28-30-32)8-3-4-11(19)9(5-8)15(33)34-2/h3-5,7H,6H2,1-2H3. The summed E-state index contributed by atoms with van der Waals surface area (Å²) in [5.74, 6) is -7.28. The van der Waals surface area contributed by atoms with Gasteiger partial charge in [-0.2, -0.15) is 40.2 Å². The third-order valence-electron chi connectivity index (χ3n) is 4.52. The first kappa shape index (κ1) is 25.4. The van der Waals surface area contributed by atoms with Gasteiger partial charge < -0.3 is 4.74 Å². The number of carbonyl (C=O) groups is 1. The number of esters is 1. The molecule has 0 saturated heterocycles. The van der Waals surface area contributed by atoms with Gasteiger partial charge in [0.25, 0.3) is 0 Å². The lowest BCUT2D eigenvalue weighted by molar-refractivity contribution is -0.291. The van der Waals surface area contributed by atoms with Gasteiger partial charge in [-0.3, -0.25) is 4.68 Å². The zero-order valence-electron chi connectivity index (χ0n) is 17.0. The van der Waals surface area contributed by atoms with Crippen LogP contribution in [0, 0.1) is 0 Å². The Bertz CT molecular complexity index is 1230. The van der Waals surface area contributed by atoms with Gasteiger partial charge in [0.15, 0.2) is 5.82 Å². The second kappa shape index (κ2) is 8.52. The zero-order chi connectivity index (χ0) is 25.6. The van der Waals surface area contributed by atoms with E-state index in [-0.39, 0.29) is 21.8 Å². The van der Waals surface area contributed by atoms with E-state index in [4.69, 9.17) is 11.6 Å². The van der Waals surface area contributed by atoms with Crippen LogP contribution in [0.25, 0.3) is 17.1 Å². The van der Waals surface area contributed by atoms with E-state index in [1.165, 1.54) is 18.2 Å². The molecule has 16 heteroatoms. The molecule has 34 heavy (non-hydrogen) atoms. The number of benzene rings is 1. The Morgan fingerprint density at radius 3 is 2.32 bits per heavy atom. The number of carbonyl (C=O) groups excluding carboxylic acids is 1. The third kappa shape index (κ3) is 4.69. The van der Waals surface area contributed by atoms with Crippen molar-refractivity contribution in [1.29, 1.82) is 0 Å². The highest BCUT2D eigenvalue weighted by Gasteiger charge is 2.62. The lowest BCUT2D eigenvalue weighted by atomic mass is 10.1. The van der Waals surface area contributed by atoms with Gasteiger partial charge in [0.1, 0.15) is 11.4 Å². The average molecular weight is 518 g/mol. The van der Waals surface area contributed by atoms with E-state index < -0.39 is 47.7 Å². The molecule has 2 aromatic heterocycles. The molecule has 0 amide bonds. The summed E-state index contributed by atoms with van der Waals surface area (Å²) in [6.07, 6.45) is -12.5. The maximum Gasteiger partial charge on any atom is 0.459 e. The molecule has 7 nitrogen and oxygen atoms in total. The quantitative estimate of drug-likeness (QED) is 0.357. The number of rotatable bonds is 5. The van der Waals surface area contributed by atoms with Gasteiger partial charge in [0, 0.05) is 18.2 Å². The first-order valence-corrected chi connectivity index (χ1v) is 9.33. The SMILES string of the molecule is COC(=O)c1cc(-c2cn(-c3c(CC(F)(F)F)c(C(F)(F)C(F)(F)F)nn3C)nn2)ccc1Cl. The minimum Gasteiger partial charge on any atom is -0.465 e. The molecule has 2 heterocycles. The number of aromatic nitrogens is 5. The van der Waals surface area contributed by atoms with Crippen molar-refractivity contribution in [3.05, 3.63) is 46.2 Å². The molecule has 0 spiro atoms. The normalized spacial score (nSPS) is 12.8. The topological polar surface area (TPSA) is 74.8 Å². The molecule has 0 aliphatic rings. The van der Waals surface area contributed by atoms with E-state index >= 15 is 0 Å². The zero-order valence-corrected chi connectivity index (χ0v) is 17.7. The highest BCUT2D eigenvalue weighted by Crippen LogP contribution is 2.46. The summed E-state index contributed by atoms with van der Waals surface area (Å²) in [4.78, 5) is 11.8. The number of hydrogen-bond acceptors (Lipinski definition) is 5. The summed E-state index contributed by atoms with van der Waals surface area (Å²) in [7, 11) is 1.98. The molecular formula is C18H12ClF8N5O2. The van der Waals surface area contributed by atoms with Crippen LogP contribution in [0.4, 0.5) is 35.1 Å². The van der Waals surface area contributed by atoms with E-state index in [0.717, 1.165) is 20.4 Å². The molecule has 0 aliphatic heterocycles. The average Bonchev–Trinajstić information content (AvgIpc) is 3.30. The van der Waals surface area contributed by atoms with Crippen LogP contribution in [0.5, 0.6) is 0 Å². The van der Waals surface area contributed by atoms with Crippen LogP contribution < -0.4 is 0 Å². The number of hydrogen-bond donors (Lipinski definition) is 0. The van der Waals surface area contributed by atoms with Crippen molar-refractivity contribution in [2.24, 2.45) is 7.05 Å². The maximum absolute atomic E-state index is 14.0. The van der Waals surface area contributed by atoms with Crippen LogP contribution in [0.1, 0.15) is 21.6 Å². The molecule has 0 bridgehead atoms. The first-order chi connectivity index (χ1) is 15.6. The van der Waals surface area contributed by atoms with Gasteiger partial charge in [0.2, 0.25) is 0 Å². The summed E-state index contributed by atoms with van der Waals surface area (Å²) >= 11 is 5.92. The summed E-state index contributed by atoms with van der Waals surface area (Å²) in [5.41, 5.74) is -3.50. The van der Waals surface area contributed by atoms with Crippen molar-refractivity contribution in [3.8, 4) is 17.1 Å². The Labute approximate surface area is 189 Å². The second-order valence-corrected chi connectivity index (χ2v) is 7.28. The fourth-order valence-electron chi connectivity index (χ4n) is 3.05. The van der Waals surface area contributed by atoms with E-state index in [9.17, 15) is 39.9 Å². The van der Waals surface area contributed by atoms with Crippen molar-refractivity contribution >= 4 is 17.6 Å². The van der Waals surface area contributed by atoms with Gasteiger partial charge in [-0.05, 0) is 12.1 Å². The monoisotopic (exact) mass is 517 g/mol. The highest BCUT2D eigenvalue weighted by atomic mass is 35.5. The molecule has 0 radical (unpaired) electrons. The second-order valence-electron chi connectivity index (χ2n) is 6.87. The Morgan fingerprint density at radius 2 is 1.76 bits per heavy atom. The van der Waals surface area contributed by atoms with Crippen LogP contribution in [-0.2, 0) is 24.1 Å². The molecule has 0 aliphatic carbocycles. The molecule has 3 rings (SSSR count). The molecule has 0 saturated carbocycles. The predicted molar refractivity (Wildman–Crippen MR) is 99.6 cm³/mol. The van der Waals surface area contributed by atoms with Gasteiger partial charge in [-0.1, -0.05) is 22.9 Å². The summed E-state index contributed by atoms with van der Waals surface area (Å²) in [5, 5.41) is 10.3. The largest absolute Gasteiger partial charge is 0.465 e. The molecule has 0 unspecified atom stereocenters. The smallest absolute Gasteiger partial charge is 0.459 e. The number of methoxy groups -OCH3 is 1. The molecule has 0 fully saturated rings. The van der Waals surface area contributed by atoms with Crippen LogP contribution >= 0.6 is 11.6 Å². The fraction of sp³-hybridized carbons (Fsp3) is 0.333. The lowest BCUT2D eigenvalue weighted by Gasteiger charge is -2.19. The van der Waals surface area contributed by atoms with Gasteiger partial charge in [0.05, 0.1) is 30.3 Å². The van der Waals surface area contributed by atoms with E-state index in [0.29, 0.717) is 9.36 Å².